The van der Waals surface area contributed by atoms with Crippen LogP contribution in [0.4, 0.5) is 4.39 Å². The maximum atomic E-state index is 14.3. The summed E-state index contributed by atoms with van der Waals surface area (Å²) in [6.45, 7) is 1.98. The van der Waals surface area contributed by atoms with Gasteiger partial charge in [-0.1, -0.05) is 34.6 Å². The third-order valence-electron chi connectivity index (χ3n) is 2.65. The van der Waals surface area contributed by atoms with Crippen LogP contribution in [0.3, 0.4) is 0 Å². The third kappa shape index (κ3) is 3.13. The van der Waals surface area contributed by atoms with Crippen molar-refractivity contribution in [1.29, 1.82) is 0 Å². The molecule has 0 radical (unpaired) electrons. The van der Waals surface area contributed by atoms with E-state index < -0.39 is 5.82 Å². The zero-order valence-electron chi connectivity index (χ0n) is 10.6. The second-order valence-electron chi connectivity index (χ2n) is 4.14. The number of rotatable bonds is 3. The summed E-state index contributed by atoms with van der Waals surface area (Å²) in [4.78, 5) is 1.42. The van der Waals surface area contributed by atoms with Crippen LogP contribution in [0.1, 0.15) is 11.1 Å². The monoisotopic (exact) mass is 354 g/mol. The fraction of sp³-hybridized carbons (Fsp3) is 0.0714. The highest BCUT2D eigenvalue weighted by molar-refractivity contribution is 9.10. The van der Waals surface area contributed by atoms with Crippen molar-refractivity contribution < 1.29 is 9.60 Å². The van der Waals surface area contributed by atoms with Crippen molar-refractivity contribution in [1.82, 2.24) is 0 Å². The summed E-state index contributed by atoms with van der Waals surface area (Å²) in [7, 11) is 0. The molecule has 0 aliphatic carbocycles. The number of nitrogens with two attached hydrogens (primary N) is 1. The van der Waals surface area contributed by atoms with Crippen molar-refractivity contribution in [2.75, 3.05) is 0 Å². The Labute approximate surface area is 128 Å². The first-order valence-corrected chi connectivity index (χ1v) is 7.34. The Morgan fingerprint density at radius 1 is 1.35 bits per heavy atom. The van der Waals surface area contributed by atoms with Crippen LogP contribution in [0.15, 0.2) is 55.8 Å². The lowest BCUT2D eigenvalue weighted by Crippen LogP contribution is -2.14. The predicted molar refractivity (Wildman–Crippen MR) is 81.9 cm³/mol. The average Bonchev–Trinajstić information content (AvgIpc) is 2.43. The molecule has 0 fully saturated rings. The molecular weight excluding hydrogens is 343 g/mol. The standard InChI is InChI=1S/C14H12BrFN2OS/c1-8-3-2-4-9(7-8)20-11-6-5-10(14(17)18-19)12(15)13(11)16/h2-7,19H,1H3,(H2,17,18). The smallest absolute Gasteiger partial charge is 0.171 e. The van der Waals surface area contributed by atoms with Gasteiger partial charge in [-0.15, -0.1) is 0 Å². The normalized spacial score (nSPS) is 11.7. The van der Waals surface area contributed by atoms with Crippen LogP contribution in [0, 0.1) is 12.7 Å². The van der Waals surface area contributed by atoms with Crippen molar-refractivity contribution in [3.8, 4) is 0 Å². The topological polar surface area (TPSA) is 58.6 Å². The van der Waals surface area contributed by atoms with Crippen LogP contribution in [0.5, 0.6) is 0 Å². The molecule has 0 aromatic heterocycles. The van der Waals surface area contributed by atoms with Crippen LogP contribution in [-0.4, -0.2) is 11.0 Å². The highest BCUT2D eigenvalue weighted by Gasteiger charge is 2.14. The maximum absolute atomic E-state index is 14.3. The first kappa shape index (κ1) is 14.9. The van der Waals surface area contributed by atoms with E-state index in [1.165, 1.54) is 11.8 Å². The highest BCUT2D eigenvalue weighted by Crippen LogP contribution is 2.34. The van der Waals surface area contributed by atoms with E-state index in [1.54, 1.807) is 12.1 Å². The summed E-state index contributed by atoms with van der Waals surface area (Å²) in [5, 5.41) is 11.5. The second-order valence-corrected chi connectivity index (χ2v) is 6.05. The summed E-state index contributed by atoms with van der Waals surface area (Å²) >= 11 is 4.46. The molecule has 0 saturated heterocycles. The molecule has 0 aliphatic rings. The van der Waals surface area contributed by atoms with E-state index in [9.17, 15) is 4.39 Å². The van der Waals surface area contributed by atoms with Crippen LogP contribution in [0.2, 0.25) is 0 Å². The lowest BCUT2D eigenvalue weighted by molar-refractivity contribution is 0.318. The first-order chi connectivity index (χ1) is 9.52. The Morgan fingerprint density at radius 2 is 2.10 bits per heavy atom. The Hall–Kier alpha value is -1.53. The summed E-state index contributed by atoms with van der Waals surface area (Å²) in [6.07, 6.45) is 0. The van der Waals surface area contributed by atoms with E-state index in [0.29, 0.717) is 10.5 Å². The largest absolute Gasteiger partial charge is 0.409 e. The van der Waals surface area contributed by atoms with E-state index >= 15 is 0 Å². The molecule has 0 spiro atoms. The molecule has 0 heterocycles. The number of nitrogens with zero attached hydrogens (tertiary/aromatic N) is 1. The highest BCUT2D eigenvalue weighted by atomic mass is 79.9. The molecule has 2 aromatic rings. The number of halogens is 2. The third-order valence-corrected chi connectivity index (χ3v) is 4.45. The zero-order valence-corrected chi connectivity index (χ0v) is 13.0. The molecule has 20 heavy (non-hydrogen) atoms. The SMILES string of the molecule is Cc1cccc(Sc2ccc(/C(N)=N/O)c(Br)c2F)c1. The van der Waals surface area contributed by atoms with Gasteiger partial charge in [-0.2, -0.15) is 0 Å². The maximum Gasteiger partial charge on any atom is 0.171 e. The van der Waals surface area contributed by atoms with Crippen molar-refractivity contribution >= 4 is 33.5 Å². The Kier molecular flexibility index (Phi) is 4.67. The molecule has 3 N–H and O–H groups in total. The van der Waals surface area contributed by atoms with Gasteiger partial charge >= 0.3 is 0 Å². The van der Waals surface area contributed by atoms with Crippen molar-refractivity contribution in [3.05, 3.63) is 57.8 Å². The van der Waals surface area contributed by atoms with E-state index in [0.717, 1.165) is 10.5 Å². The van der Waals surface area contributed by atoms with Gasteiger partial charge in [0.05, 0.1) is 4.47 Å². The van der Waals surface area contributed by atoms with Gasteiger partial charge in [0.2, 0.25) is 0 Å². The molecule has 0 atom stereocenters. The van der Waals surface area contributed by atoms with Gasteiger partial charge in [-0.3, -0.25) is 0 Å². The average molecular weight is 355 g/mol. The van der Waals surface area contributed by atoms with Crippen molar-refractivity contribution in [2.45, 2.75) is 16.7 Å². The van der Waals surface area contributed by atoms with Crippen LogP contribution in [0.25, 0.3) is 0 Å². The second kappa shape index (κ2) is 6.28. The van der Waals surface area contributed by atoms with Crippen LogP contribution < -0.4 is 5.73 Å². The molecule has 0 aliphatic heterocycles. The van der Waals surface area contributed by atoms with Gasteiger partial charge in [0.15, 0.2) is 11.7 Å². The van der Waals surface area contributed by atoms with E-state index in [-0.39, 0.29) is 10.3 Å². The van der Waals surface area contributed by atoms with Gasteiger partial charge in [-0.05, 0) is 47.1 Å². The molecular formula is C14H12BrFN2OS. The molecule has 2 aromatic carbocycles. The Balaban J connectivity index is 2.37. The first-order valence-electron chi connectivity index (χ1n) is 5.73. The van der Waals surface area contributed by atoms with E-state index in [2.05, 4.69) is 21.1 Å². The van der Waals surface area contributed by atoms with Gasteiger partial charge < -0.3 is 10.9 Å². The molecule has 104 valence electrons. The number of amidine groups is 1. The summed E-state index contributed by atoms with van der Waals surface area (Å²) in [5.41, 5.74) is 6.91. The predicted octanol–water partition coefficient (Wildman–Crippen LogP) is 4.14. The summed E-state index contributed by atoms with van der Waals surface area (Å²) in [5.74, 6) is -0.566. The number of hydrogen-bond acceptors (Lipinski definition) is 3. The minimum absolute atomic E-state index is 0.136. The number of hydrogen-bond donors (Lipinski definition) is 2. The zero-order chi connectivity index (χ0) is 14.7. The summed E-state index contributed by atoms with van der Waals surface area (Å²) in [6, 6.07) is 11.0. The van der Waals surface area contributed by atoms with Crippen molar-refractivity contribution in [3.63, 3.8) is 0 Å². The molecule has 0 amide bonds. The number of oxime groups is 1. The minimum Gasteiger partial charge on any atom is -0.409 e. The van der Waals surface area contributed by atoms with Crippen LogP contribution >= 0.6 is 27.7 Å². The van der Waals surface area contributed by atoms with E-state index in [4.69, 9.17) is 10.9 Å². The molecule has 6 heteroatoms. The number of benzene rings is 2. The molecule has 2 rings (SSSR count). The lowest BCUT2D eigenvalue weighted by Gasteiger charge is -2.09. The fourth-order valence-corrected chi connectivity index (χ4v) is 3.32. The Morgan fingerprint density at radius 3 is 2.75 bits per heavy atom. The fourth-order valence-electron chi connectivity index (χ4n) is 1.67. The van der Waals surface area contributed by atoms with Crippen LogP contribution in [-0.2, 0) is 0 Å². The Bertz CT molecular complexity index is 676. The van der Waals surface area contributed by atoms with Gasteiger partial charge in [0, 0.05) is 15.4 Å². The molecule has 0 saturated carbocycles. The lowest BCUT2D eigenvalue weighted by atomic mass is 10.2. The van der Waals surface area contributed by atoms with Gasteiger partial charge in [0.1, 0.15) is 0 Å². The molecule has 0 bridgehead atoms. The van der Waals surface area contributed by atoms with E-state index in [1.807, 2.05) is 31.2 Å². The van der Waals surface area contributed by atoms with Gasteiger partial charge in [-0.25, -0.2) is 4.39 Å². The minimum atomic E-state index is -0.430. The molecule has 0 unspecified atom stereocenters. The summed E-state index contributed by atoms with van der Waals surface area (Å²) < 4.78 is 14.5. The van der Waals surface area contributed by atoms with Gasteiger partial charge in [0.25, 0.3) is 0 Å². The van der Waals surface area contributed by atoms with Crippen molar-refractivity contribution in [2.24, 2.45) is 10.9 Å². The quantitative estimate of drug-likeness (QED) is 0.377. The molecule has 3 nitrogen and oxygen atoms in total. The number of aryl methyl sites for hydroxylation is 1.